The van der Waals surface area contributed by atoms with Gasteiger partial charge in [-0.2, -0.15) is 5.10 Å². The molecule has 0 spiro atoms. The summed E-state index contributed by atoms with van der Waals surface area (Å²) in [5.41, 5.74) is 0. The predicted molar refractivity (Wildman–Crippen MR) is 66.0 cm³/mol. The predicted octanol–water partition coefficient (Wildman–Crippen LogP) is 2.04. The van der Waals surface area contributed by atoms with Crippen molar-refractivity contribution in [3.63, 3.8) is 0 Å². The van der Waals surface area contributed by atoms with E-state index in [-0.39, 0.29) is 4.21 Å². The number of hydrogen-bond acceptors (Lipinski definition) is 4. The van der Waals surface area contributed by atoms with E-state index >= 15 is 0 Å². The van der Waals surface area contributed by atoms with Gasteiger partial charge in [0.15, 0.2) is 4.21 Å². The molecule has 2 aromatic heterocycles. The van der Waals surface area contributed by atoms with Crippen LogP contribution in [0.25, 0.3) is 0 Å². The van der Waals surface area contributed by atoms with E-state index in [1.54, 1.807) is 24.6 Å². The number of sulfonamides is 1. The molecular weight excluding hydrogens is 314 g/mol. The van der Waals surface area contributed by atoms with Crippen LogP contribution >= 0.6 is 27.3 Å². The van der Waals surface area contributed by atoms with Gasteiger partial charge in [-0.3, -0.25) is 9.40 Å². The van der Waals surface area contributed by atoms with E-state index in [1.807, 2.05) is 0 Å². The molecule has 2 heterocycles. The normalized spacial score (nSPS) is 11.6. The largest absolute Gasteiger partial charge is 0.273 e. The van der Waals surface area contributed by atoms with Gasteiger partial charge in [0.05, 0.1) is 6.20 Å². The summed E-state index contributed by atoms with van der Waals surface area (Å²) >= 11 is 4.35. The third-order valence-corrected chi connectivity index (χ3v) is 5.91. The van der Waals surface area contributed by atoms with Gasteiger partial charge in [0, 0.05) is 17.6 Å². The lowest BCUT2D eigenvalue weighted by Gasteiger charge is -2.06. The monoisotopic (exact) mass is 321 g/mol. The van der Waals surface area contributed by atoms with Gasteiger partial charge in [0.25, 0.3) is 10.0 Å². The number of rotatable bonds is 3. The molecule has 0 unspecified atom stereocenters. The zero-order valence-corrected chi connectivity index (χ0v) is 11.4. The molecule has 0 saturated heterocycles. The molecule has 86 valence electrons. The van der Waals surface area contributed by atoms with E-state index in [4.69, 9.17) is 0 Å². The second kappa shape index (κ2) is 4.19. The fraction of sp³-hybridized carbons (Fsp3) is 0.125. The van der Waals surface area contributed by atoms with Crippen LogP contribution in [-0.4, -0.2) is 18.2 Å². The fourth-order valence-electron chi connectivity index (χ4n) is 1.13. The minimum absolute atomic E-state index is 0.258. The Balaban J connectivity index is 2.36. The summed E-state index contributed by atoms with van der Waals surface area (Å²) in [5, 5.41) is 5.60. The van der Waals surface area contributed by atoms with Crippen molar-refractivity contribution in [1.82, 2.24) is 9.78 Å². The van der Waals surface area contributed by atoms with E-state index < -0.39 is 10.0 Å². The first-order valence-corrected chi connectivity index (χ1v) is 7.40. The Morgan fingerprint density at radius 2 is 2.25 bits per heavy atom. The maximum Gasteiger partial charge on any atom is 0.273 e. The lowest BCUT2D eigenvalue weighted by Crippen LogP contribution is -2.14. The van der Waals surface area contributed by atoms with Crippen molar-refractivity contribution in [2.45, 2.75) is 4.21 Å². The first-order chi connectivity index (χ1) is 7.50. The third-order valence-electron chi connectivity index (χ3n) is 1.89. The number of aromatic nitrogens is 2. The van der Waals surface area contributed by atoms with E-state index in [0.29, 0.717) is 10.3 Å². The molecule has 0 amide bonds. The van der Waals surface area contributed by atoms with Crippen LogP contribution in [0.2, 0.25) is 0 Å². The average Bonchev–Trinajstić information content (AvgIpc) is 2.76. The molecular formula is C8H8BrN3O2S2. The van der Waals surface area contributed by atoms with Crippen molar-refractivity contribution in [3.05, 3.63) is 28.2 Å². The molecule has 0 atom stereocenters. The van der Waals surface area contributed by atoms with Gasteiger partial charge in [-0.05, 0) is 27.4 Å². The van der Waals surface area contributed by atoms with Crippen LogP contribution in [0.3, 0.4) is 0 Å². The summed E-state index contributed by atoms with van der Waals surface area (Å²) in [6.07, 6.45) is 1.53. The van der Waals surface area contributed by atoms with Gasteiger partial charge >= 0.3 is 0 Å². The smallest absolute Gasteiger partial charge is 0.263 e. The summed E-state index contributed by atoms with van der Waals surface area (Å²) < 4.78 is 28.7. The highest BCUT2D eigenvalue weighted by molar-refractivity contribution is 9.10. The summed E-state index contributed by atoms with van der Waals surface area (Å²) in [6.45, 7) is 0. The lowest BCUT2D eigenvalue weighted by atomic mass is 10.7. The van der Waals surface area contributed by atoms with E-state index in [2.05, 4.69) is 25.8 Å². The SMILES string of the molecule is Cn1nccc1NS(=O)(=O)c1sccc1Br. The molecule has 0 aliphatic heterocycles. The Morgan fingerprint density at radius 3 is 2.75 bits per heavy atom. The standard InChI is InChI=1S/C8H8BrN3O2S2/c1-12-7(2-4-10-12)11-16(13,14)8-6(9)3-5-15-8/h2-5,11H,1H3. The summed E-state index contributed by atoms with van der Waals surface area (Å²) in [6, 6.07) is 3.29. The molecule has 0 aliphatic rings. The highest BCUT2D eigenvalue weighted by atomic mass is 79.9. The Hall–Kier alpha value is -0.860. The topological polar surface area (TPSA) is 64.0 Å². The highest BCUT2D eigenvalue weighted by Crippen LogP contribution is 2.28. The molecule has 8 heteroatoms. The van der Waals surface area contributed by atoms with Gasteiger partial charge in [0.1, 0.15) is 5.82 Å². The van der Waals surface area contributed by atoms with Crippen molar-refractivity contribution in [2.75, 3.05) is 4.72 Å². The van der Waals surface area contributed by atoms with Gasteiger partial charge < -0.3 is 0 Å². The minimum Gasteiger partial charge on any atom is -0.263 e. The number of halogens is 1. The molecule has 0 fully saturated rings. The maximum absolute atomic E-state index is 12.0. The maximum atomic E-state index is 12.0. The fourth-order valence-corrected chi connectivity index (χ4v) is 4.56. The quantitative estimate of drug-likeness (QED) is 0.940. The van der Waals surface area contributed by atoms with Gasteiger partial charge in [0.2, 0.25) is 0 Å². The van der Waals surface area contributed by atoms with Crippen molar-refractivity contribution in [1.29, 1.82) is 0 Å². The Kier molecular flexibility index (Phi) is 3.04. The van der Waals surface area contributed by atoms with Gasteiger partial charge in [-0.25, -0.2) is 8.42 Å². The van der Waals surface area contributed by atoms with E-state index in [9.17, 15) is 8.42 Å². The average molecular weight is 322 g/mol. The molecule has 2 rings (SSSR count). The molecule has 0 aromatic carbocycles. The number of thiophene rings is 1. The molecule has 0 saturated carbocycles. The van der Waals surface area contributed by atoms with Crippen LogP contribution in [0.4, 0.5) is 5.82 Å². The van der Waals surface area contributed by atoms with Crippen molar-refractivity contribution in [2.24, 2.45) is 7.05 Å². The van der Waals surface area contributed by atoms with Gasteiger partial charge in [-0.15, -0.1) is 11.3 Å². The highest BCUT2D eigenvalue weighted by Gasteiger charge is 2.20. The molecule has 1 N–H and O–H groups in total. The second-order valence-corrected chi connectivity index (χ2v) is 6.65. The van der Waals surface area contributed by atoms with E-state index in [0.717, 1.165) is 11.3 Å². The number of nitrogens with zero attached hydrogens (tertiary/aromatic N) is 2. The number of nitrogens with one attached hydrogen (secondary N) is 1. The van der Waals surface area contributed by atoms with Crippen LogP contribution in [0, 0.1) is 0 Å². The zero-order chi connectivity index (χ0) is 11.8. The Morgan fingerprint density at radius 1 is 1.50 bits per heavy atom. The third kappa shape index (κ3) is 2.13. The summed E-state index contributed by atoms with van der Waals surface area (Å²) in [7, 11) is -1.86. The second-order valence-electron chi connectivity index (χ2n) is 3.00. The van der Waals surface area contributed by atoms with E-state index in [1.165, 1.54) is 10.9 Å². The molecule has 0 bridgehead atoms. The van der Waals surface area contributed by atoms with Crippen LogP contribution in [0.1, 0.15) is 0 Å². The number of aryl methyl sites for hydroxylation is 1. The minimum atomic E-state index is -3.53. The molecule has 16 heavy (non-hydrogen) atoms. The molecule has 0 aliphatic carbocycles. The van der Waals surface area contributed by atoms with Crippen molar-refractivity contribution >= 4 is 43.1 Å². The van der Waals surface area contributed by atoms with Crippen LogP contribution in [0.15, 0.2) is 32.4 Å². The van der Waals surface area contributed by atoms with Crippen LogP contribution in [0.5, 0.6) is 0 Å². The van der Waals surface area contributed by atoms with Crippen LogP contribution < -0.4 is 4.72 Å². The van der Waals surface area contributed by atoms with Gasteiger partial charge in [-0.1, -0.05) is 0 Å². The lowest BCUT2D eigenvalue weighted by molar-refractivity contribution is 0.602. The summed E-state index contributed by atoms with van der Waals surface area (Å²) in [5.74, 6) is 0.431. The zero-order valence-electron chi connectivity index (χ0n) is 8.21. The number of hydrogen-bond donors (Lipinski definition) is 1. The van der Waals surface area contributed by atoms with Crippen molar-refractivity contribution < 1.29 is 8.42 Å². The van der Waals surface area contributed by atoms with Crippen molar-refractivity contribution in [3.8, 4) is 0 Å². The number of anilines is 1. The molecule has 0 radical (unpaired) electrons. The van der Waals surface area contributed by atoms with Crippen LogP contribution in [-0.2, 0) is 17.1 Å². The Bertz CT molecular complexity index is 602. The Labute approximate surface area is 105 Å². The molecule has 5 nitrogen and oxygen atoms in total. The summed E-state index contributed by atoms with van der Waals surface area (Å²) in [4.78, 5) is 0. The first-order valence-electron chi connectivity index (χ1n) is 4.24. The first kappa shape index (κ1) is 11.6. The molecule has 2 aromatic rings.